The molecule has 1 unspecified atom stereocenters. The fourth-order valence-electron chi connectivity index (χ4n) is 2.22. The van der Waals surface area contributed by atoms with Crippen molar-refractivity contribution in [2.24, 2.45) is 0 Å². The van der Waals surface area contributed by atoms with Crippen molar-refractivity contribution in [3.05, 3.63) is 41.5 Å². The lowest BCUT2D eigenvalue weighted by atomic mass is 10.1. The van der Waals surface area contributed by atoms with E-state index in [9.17, 15) is 0 Å². The molecule has 1 aliphatic rings. The molecule has 0 amide bonds. The Morgan fingerprint density at radius 2 is 2.32 bits per heavy atom. The lowest BCUT2D eigenvalue weighted by Gasteiger charge is -2.04. The Balaban J connectivity index is 1.65. The predicted octanol–water partition coefficient (Wildman–Crippen LogP) is 2.71. The number of nitrogens with one attached hydrogen (secondary N) is 1. The van der Waals surface area contributed by atoms with E-state index in [1.807, 2.05) is 12.1 Å². The molecule has 1 N–H and O–H groups in total. The number of anilines is 1. The molecule has 0 radical (unpaired) electrons. The maximum atomic E-state index is 5.40. The Bertz CT molecular complexity index is 528. The Morgan fingerprint density at radius 3 is 3.16 bits per heavy atom. The van der Waals surface area contributed by atoms with Gasteiger partial charge in [-0.3, -0.25) is 0 Å². The van der Waals surface area contributed by atoms with Gasteiger partial charge in [-0.1, -0.05) is 30.3 Å². The van der Waals surface area contributed by atoms with Crippen LogP contribution in [-0.4, -0.2) is 16.7 Å². The number of benzene rings is 1. The molecule has 0 saturated heterocycles. The second-order valence-corrected chi connectivity index (χ2v) is 4.66. The average molecular weight is 259 g/mol. The fraction of sp³-hybridized carbons (Fsp3) is 0.429. The van der Waals surface area contributed by atoms with E-state index in [-0.39, 0.29) is 6.04 Å². The van der Waals surface area contributed by atoms with Crippen LogP contribution < -0.4 is 5.32 Å². The van der Waals surface area contributed by atoms with Gasteiger partial charge >= 0.3 is 0 Å². The van der Waals surface area contributed by atoms with E-state index in [4.69, 9.17) is 9.26 Å². The highest BCUT2D eigenvalue weighted by atomic mass is 16.5. The second-order valence-electron chi connectivity index (χ2n) is 4.66. The van der Waals surface area contributed by atoms with Crippen LogP contribution in [0.3, 0.4) is 0 Å². The van der Waals surface area contributed by atoms with Gasteiger partial charge < -0.3 is 14.6 Å². The summed E-state index contributed by atoms with van der Waals surface area (Å²) in [5, 5.41) is 7.34. The predicted molar refractivity (Wildman–Crippen MR) is 70.8 cm³/mol. The van der Waals surface area contributed by atoms with E-state index in [0.717, 1.165) is 25.1 Å². The van der Waals surface area contributed by atoms with Crippen LogP contribution in [0, 0.1) is 0 Å². The van der Waals surface area contributed by atoms with Crippen molar-refractivity contribution in [2.75, 3.05) is 11.9 Å². The molecule has 19 heavy (non-hydrogen) atoms. The Kier molecular flexibility index (Phi) is 3.46. The Morgan fingerprint density at radius 1 is 1.42 bits per heavy atom. The molecule has 5 heteroatoms. The van der Waals surface area contributed by atoms with Crippen LogP contribution in [0.15, 0.2) is 28.8 Å². The molecule has 2 aromatic rings. The van der Waals surface area contributed by atoms with Crippen molar-refractivity contribution >= 4 is 5.69 Å². The van der Waals surface area contributed by atoms with Crippen LogP contribution in [0.25, 0.3) is 0 Å². The van der Waals surface area contributed by atoms with Gasteiger partial charge in [-0.05, 0) is 18.1 Å². The zero-order valence-electron chi connectivity index (χ0n) is 10.9. The molecule has 0 aliphatic carbocycles. The van der Waals surface area contributed by atoms with Crippen molar-refractivity contribution in [3.8, 4) is 0 Å². The van der Waals surface area contributed by atoms with Crippen LogP contribution in [0.5, 0.6) is 0 Å². The first-order valence-electron chi connectivity index (χ1n) is 6.61. The summed E-state index contributed by atoms with van der Waals surface area (Å²) >= 11 is 0. The van der Waals surface area contributed by atoms with Crippen molar-refractivity contribution < 1.29 is 9.26 Å². The number of nitrogens with zero attached hydrogens (tertiary/aromatic N) is 2. The van der Waals surface area contributed by atoms with E-state index < -0.39 is 0 Å². The summed E-state index contributed by atoms with van der Waals surface area (Å²) in [6, 6.07) is 8.32. The molecule has 0 bridgehead atoms. The first-order valence-corrected chi connectivity index (χ1v) is 6.61. The summed E-state index contributed by atoms with van der Waals surface area (Å²) in [6.07, 6.45) is 1.87. The normalized spacial score (nSPS) is 17.2. The van der Waals surface area contributed by atoms with Gasteiger partial charge in [-0.2, -0.15) is 4.98 Å². The van der Waals surface area contributed by atoms with Gasteiger partial charge in [0.25, 0.3) is 0 Å². The molecule has 2 heterocycles. The molecule has 1 atom stereocenters. The summed E-state index contributed by atoms with van der Waals surface area (Å²) in [4.78, 5) is 4.38. The lowest BCUT2D eigenvalue weighted by molar-refractivity contribution is 0.114. The fourth-order valence-corrected chi connectivity index (χ4v) is 2.22. The van der Waals surface area contributed by atoms with Gasteiger partial charge in [-0.25, -0.2) is 0 Å². The maximum absolute atomic E-state index is 5.40. The molecule has 1 aromatic heterocycles. The van der Waals surface area contributed by atoms with Gasteiger partial charge in [0.05, 0.1) is 0 Å². The number of para-hydroxylation sites is 1. The highest BCUT2D eigenvalue weighted by Crippen LogP contribution is 2.32. The first kappa shape index (κ1) is 12.2. The zero-order valence-corrected chi connectivity index (χ0v) is 10.9. The smallest absolute Gasteiger partial charge is 0.249 e. The highest BCUT2D eigenvalue weighted by molar-refractivity contribution is 5.56. The molecule has 3 rings (SSSR count). The van der Waals surface area contributed by atoms with Crippen LogP contribution >= 0.6 is 0 Å². The van der Waals surface area contributed by atoms with Crippen molar-refractivity contribution in [3.63, 3.8) is 0 Å². The molecule has 5 nitrogen and oxygen atoms in total. The highest BCUT2D eigenvalue weighted by Gasteiger charge is 2.26. The topological polar surface area (TPSA) is 60.2 Å². The summed E-state index contributed by atoms with van der Waals surface area (Å²) in [5.41, 5.74) is 2.43. The lowest BCUT2D eigenvalue weighted by Crippen LogP contribution is -2.06. The zero-order chi connectivity index (χ0) is 13.1. The van der Waals surface area contributed by atoms with E-state index in [1.165, 1.54) is 5.56 Å². The van der Waals surface area contributed by atoms with E-state index in [0.29, 0.717) is 18.3 Å². The summed E-state index contributed by atoms with van der Waals surface area (Å²) < 4.78 is 10.7. The third kappa shape index (κ3) is 2.61. The monoisotopic (exact) mass is 259 g/mol. The quantitative estimate of drug-likeness (QED) is 0.836. The van der Waals surface area contributed by atoms with Gasteiger partial charge in [-0.15, -0.1) is 0 Å². The van der Waals surface area contributed by atoms with Crippen LogP contribution in [0.4, 0.5) is 5.69 Å². The van der Waals surface area contributed by atoms with E-state index >= 15 is 0 Å². The van der Waals surface area contributed by atoms with E-state index in [1.54, 1.807) is 0 Å². The molecule has 0 fully saturated rings. The molecular formula is C14H17N3O2. The maximum Gasteiger partial charge on any atom is 0.249 e. The standard InChI is InChI=1S/C14H17N3O2/c1-2-7-18-9-13-16-14(19-17-13)12-8-10-5-3-4-6-11(10)15-12/h3-6,12,15H,2,7-9H2,1H3. The minimum absolute atomic E-state index is 0.0739. The average Bonchev–Trinajstić information content (AvgIpc) is 3.04. The molecule has 0 spiro atoms. The van der Waals surface area contributed by atoms with Crippen LogP contribution in [0.1, 0.15) is 36.7 Å². The third-order valence-corrected chi connectivity index (χ3v) is 3.13. The number of aromatic nitrogens is 2. The number of ether oxygens (including phenoxy) is 1. The molecule has 100 valence electrons. The molecular weight excluding hydrogens is 242 g/mol. The number of hydrogen-bond donors (Lipinski definition) is 1. The van der Waals surface area contributed by atoms with Crippen molar-refractivity contribution in [1.82, 2.24) is 10.1 Å². The molecule has 1 aromatic carbocycles. The van der Waals surface area contributed by atoms with Crippen molar-refractivity contribution in [2.45, 2.75) is 32.4 Å². The summed E-state index contributed by atoms with van der Waals surface area (Å²) in [7, 11) is 0. The number of hydrogen-bond acceptors (Lipinski definition) is 5. The molecule has 0 saturated carbocycles. The number of fused-ring (bicyclic) bond motifs is 1. The second kappa shape index (κ2) is 5.40. The Hall–Kier alpha value is -1.88. The van der Waals surface area contributed by atoms with Gasteiger partial charge in [0.2, 0.25) is 5.89 Å². The first-order chi connectivity index (χ1) is 9.36. The Labute approximate surface area is 112 Å². The van der Waals surface area contributed by atoms with Crippen LogP contribution in [-0.2, 0) is 17.8 Å². The van der Waals surface area contributed by atoms with Gasteiger partial charge in [0.15, 0.2) is 5.82 Å². The van der Waals surface area contributed by atoms with Crippen LogP contribution in [0.2, 0.25) is 0 Å². The van der Waals surface area contributed by atoms with E-state index in [2.05, 4.69) is 34.5 Å². The van der Waals surface area contributed by atoms with Gasteiger partial charge in [0.1, 0.15) is 12.6 Å². The third-order valence-electron chi connectivity index (χ3n) is 3.13. The minimum Gasteiger partial charge on any atom is -0.373 e. The largest absolute Gasteiger partial charge is 0.373 e. The van der Waals surface area contributed by atoms with Crippen molar-refractivity contribution in [1.29, 1.82) is 0 Å². The summed E-state index contributed by atoms with van der Waals surface area (Å²) in [5.74, 6) is 1.24. The number of rotatable bonds is 5. The minimum atomic E-state index is 0.0739. The SMILES string of the molecule is CCCOCc1noc(C2Cc3ccccc3N2)n1. The van der Waals surface area contributed by atoms with Gasteiger partial charge in [0, 0.05) is 18.7 Å². The summed E-state index contributed by atoms with van der Waals surface area (Å²) in [6.45, 7) is 3.20. The molecule has 1 aliphatic heterocycles.